The number of nitrogens with one attached hydrogen (secondary N) is 1. The molecule has 0 unspecified atom stereocenters. The van der Waals surface area contributed by atoms with Gasteiger partial charge in [-0.15, -0.1) is 0 Å². The summed E-state index contributed by atoms with van der Waals surface area (Å²) in [6, 6.07) is 15.1. The van der Waals surface area contributed by atoms with Crippen molar-refractivity contribution >= 4 is 50.7 Å². The van der Waals surface area contributed by atoms with Gasteiger partial charge in [-0.2, -0.15) is 0 Å². The van der Waals surface area contributed by atoms with Crippen LogP contribution in [0.15, 0.2) is 71.6 Å². The van der Waals surface area contributed by atoms with E-state index in [1.165, 1.54) is 62.5 Å². The van der Waals surface area contributed by atoms with E-state index in [4.69, 9.17) is 23.2 Å². The molecule has 196 valence electrons. The van der Waals surface area contributed by atoms with E-state index >= 15 is 0 Å². The third kappa shape index (κ3) is 6.80. The molecule has 7 nitrogen and oxygen atoms in total. The Kier molecular flexibility index (Phi) is 9.17. The van der Waals surface area contributed by atoms with E-state index in [2.05, 4.69) is 5.32 Å². The monoisotopic (exact) mass is 565 g/mol. The largest absolute Gasteiger partial charge is 0.357 e. The van der Waals surface area contributed by atoms with E-state index in [1.54, 1.807) is 18.2 Å². The number of likely N-dealkylation sites (N-methyl/N-ethyl adjacent to an activating group) is 1. The molecule has 3 aromatic carbocycles. The SMILES string of the molecule is CNC(=O)[C@H](C)N(Cc1ccccc1F)C(=O)CN(c1cc(Cl)cc(Cl)c1)S(=O)(=O)c1ccc(C)cc1. The average Bonchev–Trinajstić information content (AvgIpc) is 2.85. The second kappa shape index (κ2) is 11.9. The average molecular weight is 566 g/mol. The molecule has 0 heterocycles. The van der Waals surface area contributed by atoms with Crippen LogP contribution in [0.5, 0.6) is 0 Å². The van der Waals surface area contributed by atoms with E-state index in [1.807, 2.05) is 6.92 Å². The number of aryl methyl sites for hydroxylation is 1. The van der Waals surface area contributed by atoms with Crippen molar-refractivity contribution in [3.05, 3.63) is 93.7 Å². The van der Waals surface area contributed by atoms with Crippen molar-refractivity contribution in [1.82, 2.24) is 10.2 Å². The van der Waals surface area contributed by atoms with Crippen molar-refractivity contribution in [3.63, 3.8) is 0 Å². The first-order chi connectivity index (χ1) is 17.4. The van der Waals surface area contributed by atoms with E-state index in [0.717, 1.165) is 14.8 Å². The van der Waals surface area contributed by atoms with Crippen LogP contribution < -0.4 is 9.62 Å². The van der Waals surface area contributed by atoms with Crippen LogP contribution in [0.2, 0.25) is 10.0 Å². The normalized spacial score (nSPS) is 12.1. The lowest BCUT2D eigenvalue weighted by Crippen LogP contribution is -2.50. The summed E-state index contributed by atoms with van der Waals surface area (Å²) in [5.41, 5.74) is 1.08. The third-order valence-electron chi connectivity index (χ3n) is 5.74. The first-order valence-electron chi connectivity index (χ1n) is 11.2. The van der Waals surface area contributed by atoms with Gasteiger partial charge in [0.1, 0.15) is 18.4 Å². The Labute approximate surface area is 225 Å². The number of halogens is 3. The Morgan fingerprint density at radius 1 is 1.00 bits per heavy atom. The van der Waals surface area contributed by atoms with Gasteiger partial charge >= 0.3 is 0 Å². The fourth-order valence-electron chi connectivity index (χ4n) is 3.65. The first-order valence-corrected chi connectivity index (χ1v) is 13.4. The van der Waals surface area contributed by atoms with Crippen LogP contribution in [0.3, 0.4) is 0 Å². The number of anilines is 1. The highest BCUT2D eigenvalue weighted by molar-refractivity contribution is 7.92. The summed E-state index contributed by atoms with van der Waals surface area (Å²) in [5.74, 6) is -1.79. The number of carbonyl (C=O) groups is 2. The molecule has 1 atom stereocenters. The highest BCUT2D eigenvalue weighted by atomic mass is 35.5. The number of sulfonamides is 1. The van der Waals surface area contributed by atoms with Crippen molar-refractivity contribution in [3.8, 4) is 0 Å². The van der Waals surface area contributed by atoms with Gasteiger partial charge in [0, 0.05) is 29.2 Å². The van der Waals surface area contributed by atoms with E-state index in [-0.39, 0.29) is 32.7 Å². The summed E-state index contributed by atoms with van der Waals surface area (Å²) in [5, 5.41) is 2.80. The molecule has 0 bridgehead atoms. The fourth-order valence-corrected chi connectivity index (χ4v) is 5.56. The Balaban J connectivity index is 2.08. The molecule has 11 heteroatoms. The summed E-state index contributed by atoms with van der Waals surface area (Å²) in [4.78, 5) is 27.2. The van der Waals surface area contributed by atoms with E-state index in [0.29, 0.717) is 0 Å². The molecule has 0 aliphatic heterocycles. The van der Waals surface area contributed by atoms with Gasteiger partial charge in [-0.05, 0) is 50.2 Å². The molecule has 2 amide bonds. The van der Waals surface area contributed by atoms with Gasteiger partial charge in [0.15, 0.2) is 0 Å². The van der Waals surface area contributed by atoms with Crippen LogP contribution in [-0.2, 0) is 26.2 Å². The quantitative estimate of drug-likeness (QED) is 0.403. The fraction of sp³-hybridized carbons (Fsp3) is 0.231. The van der Waals surface area contributed by atoms with E-state index < -0.39 is 40.2 Å². The molecule has 0 spiro atoms. The van der Waals surface area contributed by atoms with E-state index in [9.17, 15) is 22.4 Å². The van der Waals surface area contributed by atoms with Crippen molar-refractivity contribution in [2.45, 2.75) is 31.3 Å². The molecule has 0 aliphatic rings. The second-order valence-corrected chi connectivity index (χ2v) is 11.1. The second-order valence-electron chi connectivity index (χ2n) is 8.36. The highest BCUT2D eigenvalue weighted by Gasteiger charge is 2.33. The molecule has 37 heavy (non-hydrogen) atoms. The maximum absolute atomic E-state index is 14.4. The summed E-state index contributed by atoms with van der Waals surface area (Å²) in [7, 11) is -2.86. The number of carbonyl (C=O) groups excluding carboxylic acids is 2. The molecule has 0 saturated heterocycles. The standard InChI is InChI=1S/C26H26Cl2FN3O4S/c1-17-8-10-23(11-9-17)37(35,36)32(22-13-20(27)12-21(28)14-22)16-25(33)31(18(2)26(34)30-3)15-19-6-4-5-7-24(19)29/h4-14,18H,15-16H2,1-3H3,(H,30,34)/t18-/m0/s1. The Morgan fingerprint density at radius 2 is 1.59 bits per heavy atom. The van der Waals surface area contributed by atoms with Crippen LogP contribution in [0.4, 0.5) is 10.1 Å². The molecule has 0 saturated carbocycles. The zero-order valence-electron chi connectivity index (χ0n) is 20.4. The van der Waals surface area contributed by atoms with Gasteiger partial charge in [0.05, 0.1) is 10.6 Å². The van der Waals surface area contributed by atoms with Crippen molar-refractivity contribution in [1.29, 1.82) is 0 Å². The number of benzene rings is 3. The lowest BCUT2D eigenvalue weighted by Gasteiger charge is -2.32. The zero-order chi connectivity index (χ0) is 27.3. The lowest BCUT2D eigenvalue weighted by molar-refractivity contribution is -0.139. The maximum Gasteiger partial charge on any atom is 0.264 e. The van der Waals surface area contributed by atoms with Crippen LogP contribution in [-0.4, -0.2) is 44.8 Å². The number of hydrogen-bond acceptors (Lipinski definition) is 4. The predicted octanol–water partition coefficient (Wildman–Crippen LogP) is 4.80. The highest BCUT2D eigenvalue weighted by Crippen LogP contribution is 2.30. The van der Waals surface area contributed by atoms with Crippen LogP contribution in [0.1, 0.15) is 18.1 Å². The minimum atomic E-state index is -4.27. The summed E-state index contributed by atoms with van der Waals surface area (Å²) < 4.78 is 42.8. The van der Waals surface area contributed by atoms with Gasteiger partial charge in [-0.3, -0.25) is 13.9 Å². The molecule has 0 aliphatic carbocycles. The number of nitrogens with zero attached hydrogens (tertiary/aromatic N) is 2. The summed E-state index contributed by atoms with van der Waals surface area (Å²) in [6.45, 7) is 2.35. The van der Waals surface area contributed by atoms with Crippen molar-refractivity contribution < 1.29 is 22.4 Å². The molecule has 1 N–H and O–H groups in total. The van der Waals surface area contributed by atoms with Gasteiger partial charge in [0.2, 0.25) is 11.8 Å². The lowest BCUT2D eigenvalue weighted by atomic mass is 10.1. The molecule has 0 aromatic heterocycles. The van der Waals surface area contributed by atoms with Gasteiger partial charge in [0.25, 0.3) is 10.0 Å². The topological polar surface area (TPSA) is 86.8 Å². The smallest absolute Gasteiger partial charge is 0.264 e. The van der Waals surface area contributed by atoms with Crippen molar-refractivity contribution in [2.75, 3.05) is 17.9 Å². The molecular weight excluding hydrogens is 540 g/mol. The number of rotatable bonds is 9. The van der Waals surface area contributed by atoms with Gasteiger partial charge in [-0.1, -0.05) is 59.1 Å². The molecule has 0 radical (unpaired) electrons. The molecule has 0 fully saturated rings. The van der Waals surface area contributed by atoms with Gasteiger partial charge in [-0.25, -0.2) is 12.8 Å². The molecular formula is C26H26Cl2FN3O4S. The Bertz CT molecular complexity index is 1380. The minimum absolute atomic E-state index is 0.0537. The molecule has 3 rings (SSSR count). The number of amides is 2. The zero-order valence-corrected chi connectivity index (χ0v) is 22.7. The minimum Gasteiger partial charge on any atom is -0.357 e. The number of hydrogen-bond donors (Lipinski definition) is 1. The van der Waals surface area contributed by atoms with Crippen LogP contribution in [0.25, 0.3) is 0 Å². The first kappa shape index (κ1) is 28.4. The Morgan fingerprint density at radius 3 is 2.16 bits per heavy atom. The van der Waals surface area contributed by atoms with Crippen LogP contribution >= 0.6 is 23.2 Å². The van der Waals surface area contributed by atoms with Gasteiger partial charge < -0.3 is 10.2 Å². The Hall–Kier alpha value is -3.14. The maximum atomic E-state index is 14.4. The molecule has 3 aromatic rings. The van der Waals surface area contributed by atoms with Crippen molar-refractivity contribution in [2.24, 2.45) is 0 Å². The summed E-state index contributed by atoms with van der Waals surface area (Å²) in [6.07, 6.45) is 0. The predicted molar refractivity (Wildman–Crippen MR) is 143 cm³/mol. The third-order valence-corrected chi connectivity index (χ3v) is 7.96. The van der Waals surface area contributed by atoms with Crippen LogP contribution in [0, 0.1) is 12.7 Å². The summed E-state index contributed by atoms with van der Waals surface area (Å²) >= 11 is 12.3.